The van der Waals surface area contributed by atoms with Crippen LogP contribution >= 0.6 is 0 Å². The summed E-state index contributed by atoms with van der Waals surface area (Å²) in [6.07, 6.45) is 5.17. The molecule has 0 spiro atoms. The fraction of sp³-hybridized carbons (Fsp3) is 0.364. The third kappa shape index (κ3) is 6.13. The van der Waals surface area contributed by atoms with E-state index in [4.69, 9.17) is 0 Å². The van der Waals surface area contributed by atoms with Gasteiger partial charge in [-0.1, -0.05) is 30.3 Å². The molecular weight excluding hydrogens is 338 g/mol. The van der Waals surface area contributed by atoms with Crippen LogP contribution in [-0.4, -0.2) is 36.5 Å². The molecule has 0 unspecified atom stereocenters. The molecule has 1 aliphatic rings. The average molecular weight is 365 g/mol. The molecule has 2 aromatic rings. The second-order valence-electron chi connectivity index (χ2n) is 7.12. The SMILES string of the molecule is CN(CCCCc1ccccc1)C(=O)c1ccc(NC(=O)NC2CC2)cc1. The van der Waals surface area contributed by atoms with Crippen LogP contribution in [0.5, 0.6) is 0 Å². The Bertz CT molecular complexity index is 755. The smallest absolute Gasteiger partial charge is 0.319 e. The lowest BCUT2D eigenvalue weighted by atomic mass is 10.1. The molecule has 0 bridgehead atoms. The zero-order valence-electron chi connectivity index (χ0n) is 15.8. The number of hydrogen-bond donors (Lipinski definition) is 2. The number of nitrogens with zero attached hydrogens (tertiary/aromatic N) is 1. The normalized spacial score (nSPS) is 13.1. The van der Waals surface area contributed by atoms with Gasteiger partial charge in [0.25, 0.3) is 5.91 Å². The summed E-state index contributed by atoms with van der Waals surface area (Å²) in [6.45, 7) is 0.732. The molecule has 1 fully saturated rings. The van der Waals surface area contributed by atoms with Gasteiger partial charge < -0.3 is 15.5 Å². The molecule has 0 heterocycles. The van der Waals surface area contributed by atoms with E-state index in [1.165, 1.54) is 5.56 Å². The molecule has 0 atom stereocenters. The van der Waals surface area contributed by atoms with Crippen molar-refractivity contribution >= 4 is 17.6 Å². The number of amides is 3. The average Bonchev–Trinajstić information content (AvgIpc) is 3.49. The van der Waals surface area contributed by atoms with Gasteiger partial charge in [-0.15, -0.1) is 0 Å². The molecule has 142 valence electrons. The largest absolute Gasteiger partial charge is 0.342 e. The van der Waals surface area contributed by atoms with Crippen LogP contribution in [0.3, 0.4) is 0 Å². The Balaban J connectivity index is 1.41. The van der Waals surface area contributed by atoms with Crippen LogP contribution < -0.4 is 10.6 Å². The maximum absolute atomic E-state index is 12.5. The summed E-state index contributed by atoms with van der Waals surface area (Å²) < 4.78 is 0. The lowest BCUT2D eigenvalue weighted by Crippen LogP contribution is -2.30. The zero-order chi connectivity index (χ0) is 19.1. The van der Waals surface area contributed by atoms with Gasteiger partial charge in [-0.05, 0) is 61.9 Å². The van der Waals surface area contributed by atoms with Gasteiger partial charge in [-0.2, -0.15) is 0 Å². The fourth-order valence-corrected chi connectivity index (χ4v) is 2.92. The molecule has 2 N–H and O–H groups in total. The van der Waals surface area contributed by atoms with Crippen molar-refractivity contribution < 1.29 is 9.59 Å². The Labute approximate surface area is 160 Å². The molecule has 1 saturated carbocycles. The number of carbonyl (C=O) groups excluding carboxylic acids is 2. The van der Waals surface area contributed by atoms with Gasteiger partial charge in [-0.25, -0.2) is 4.79 Å². The maximum atomic E-state index is 12.5. The predicted octanol–water partition coefficient (Wildman–Crippen LogP) is 4.07. The van der Waals surface area contributed by atoms with Gasteiger partial charge in [-0.3, -0.25) is 4.79 Å². The summed E-state index contributed by atoms with van der Waals surface area (Å²) in [5.41, 5.74) is 2.66. The van der Waals surface area contributed by atoms with Crippen LogP contribution in [0.1, 0.15) is 41.6 Å². The van der Waals surface area contributed by atoms with Gasteiger partial charge >= 0.3 is 6.03 Å². The van der Waals surface area contributed by atoms with Crippen LogP contribution in [0.2, 0.25) is 0 Å². The maximum Gasteiger partial charge on any atom is 0.319 e. The Morgan fingerprint density at radius 2 is 1.70 bits per heavy atom. The van der Waals surface area contributed by atoms with Gasteiger partial charge in [0.15, 0.2) is 0 Å². The number of anilines is 1. The highest BCUT2D eigenvalue weighted by Crippen LogP contribution is 2.19. The molecule has 3 amide bonds. The molecule has 0 aromatic heterocycles. The van der Waals surface area contributed by atoms with E-state index in [-0.39, 0.29) is 11.9 Å². The monoisotopic (exact) mass is 365 g/mol. The van der Waals surface area contributed by atoms with Crippen molar-refractivity contribution in [2.24, 2.45) is 0 Å². The summed E-state index contributed by atoms with van der Waals surface area (Å²) in [5.74, 6) is 0.00342. The first-order valence-corrected chi connectivity index (χ1v) is 9.59. The minimum Gasteiger partial charge on any atom is -0.342 e. The number of aryl methyl sites for hydroxylation is 1. The van der Waals surface area contributed by atoms with E-state index in [1.54, 1.807) is 29.2 Å². The molecule has 27 heavy (non-hydrogen) atoms. The van der Waals surface area contributed by atoms with E-state index < -0.39 is 0 Å². The number of nitrogens with one attached hydrogen (secondary N) is 2. The first-order chi connectivity index (χ1) is 13.1. The highest BCUT2D eigenvalue weighted by atomic mass is 16.2. The van der Waals surface area contributed by atoms with Crippen LogP contribution in [0.25, 0.3) is 0 Å². The molecule has 0 aliphatic heterocycles. The molecule has 1 aliphatic carbocycles. The van der Waals surface area contributed by atoms with Crippen molar-refractivity contribution in [2.75, 3.05) is 18.9 Å². The molecule has 5 nitrogen and oxygen atoms in total. The minimum atomic E-state index is -0.188. The van der Waals surface area contributed by atoms with Gasteiger partial charge in [0.1, 0.15) is 0 Å². The van der Waals surface area contributed by atoms with Crippen molar-refractivity contribution in [1.29, 1.82) is 0 Å². The quantitative estimate of drug-likeness (QED) is 0.693. The topological polar surface area (TPSA) is 61.4 Å². The second kappa shape index (κ2) is 9.21. The van der Waals surface area contributed by atoms with E-state index >= 15 is 0 Å². The van der Waals surface area contributed by atoms with Crippen molar-refractivity contribution in [3.63, 3.8) is 0 Å². The zero-order valence-corrected chi connectivity index (χ0v) is 15.8. The summed E-state index contributed by atoms with van der Waals surface area (Å²) in [6, 6.07) is 17.6. The summed E-state index contributed by atoms with van der Waals surface area (Å²) >= 11 is 0. The molecule has 0 radical (unpaired) electrons. The lowest BCUT2D eigenvalue weighted by Gasteiger charge is -2.17. The summed E-state index contributed by atoms with van der Waals surface area (Å²) in [5, 5.41) is 5.66. The molecular formula is C22H27N3O2. The van der Waals surface area contributed by atoms with E-state index in [1.807, 2.05) is 13.1 Å². The number of hydrogen-bond acceptors (Lipinski definition) is 2. The van der Waals surface area contributed by atoms with Crippen molar-refractivity contribution in [3.05, 3.63) is 65.7 Å². The minimum absolute atomic E-state index is 0.00342. The van der Waals surface area contributed by atoms with Crippen molar-refractivity contribution in [2.45, 2.75) is 38.1 Å². The molecule has 5 heteroatoms. The van der Waals surface area contributed by atoms with E-state index in [0.717, 1.165) is 38.6 Å². The summed E-state index contributed by atoms with van der Waals surface area (Å²) in [4.78, 5) is 26.0. The number of unbranched alkanes of at least 4 members (excludes halogenated alkanes) is 1. The lowest BCUT2D eigenvalue weighted by molar-refractivity contribution is 0.0793. The number of benzene rings is 2. The Kier molecular flexibility index (Phi) is 6.47. The van der Waals surface area contributed by atoms with Gasteiger partial charge in [0.05, 0.1) is 0 Å². The number of carbonyl (C=O) groups is 2. The standard InChI is InChI=1S/C22H27N3O2/c1-25(16-6-5-9-17-7-3-2-4-8-17)21(26)18-10-12-19(13-11-18)23-22(27)24-20-14-15-20/h2-4,7-8,10-13,20H,5-6,9,14-16H2,1H3,(H2,23,24,27). The van der Waals surface area contributed by atoms with Gasteiger partial charge in [0, 0.05) is 30.9 Å². The van der Waals surface area contributed by atoms with Crippen molar-refractivity contribution in [1.82, 2.24) is 10.2 Å². The Hall–Kier alpha value is -2.82. The first-order valence-electron chi connectivity index (χ1n) is 9.59. The van der Waals surface area contributed by atoms with Crippen LogP contribution in [0.15, 0.2) is 54.6 Å². The fourth-order valence-electron chi connectivity index (χ4n) is 2.92. The second-order valence-corrected chi connectivity index (χ2v) is 7.12. The Morgan fingerprint density at radius 3 is 2.37 bits per heavy atom. The molecule has 3 rings (SSSR count). The Morgan fingerprint density at radius 1 is 1.00 bits per heavy atom. The molecule has 0 saturated heterocycles. The third-order valence-corrected chi connectivity index (χ3v) is 4.70. The van der Waals surface area contributed by atoms with Crippen LogP contribution in [0, 0.1) is 0 Å². The number of rotatable bonds is 8. The van der Waals surface area contributed by atoms with E-state index in [0.29, 0.717) is 17.3 Å². The highest BCUT2D eigenvalue weighted by Gasteiger charge is 2.23. The van der Waals surface area contributed by atoms with Crippen molar-refractivity contribution in [3.8, 4) is 0 Å². The first kappa shape index (κ1) is 19.0. The van der Waals surface area contributed by atoms with Crippen LogP contribution in [0.4, 0.5) is 10.5 Å². The number of urea groups is 1. The van der Waals surface area contributed by atoms with E-state index in [9.17, 15) is 9.59 Å². The van der Waals surface area contributed by atoms with Crippen LogP contribution in [-0.2, 0) is 6.42 Å². The highest BCUT2D eigenvalue weighted by molar-refractivity contribution is 5.95. The molecule has 2 aromatic carbocycles. The van der Waals surface area contributed by atoms with E-state index in [2.05, 4.69) is 34.9 Å². The van der Waals surface area contributed by atoms with Gasteiger partial charge in [0.2, 0.25) is 0 Å². The predicted molar refractivity (Wildman–Crippen MR) is 108 cm³/mol. The third-order valence-electron chi connectivity index (χ3n) is 4.70. The summed E-state index contributed by atoms with van der Waals surface area (Å²) in [7, 11) is 1.83.